The molecule has 2 N–H and O–H groups in total. The number of ether oxygens (including phenoxy) is 2. The summed E-state index contributed by atoms with van der Waals surface area (Å²) >= 11 is 0. The first-order valence-electron chi connectivity index (χ1n) is 10.6. The van der Waals surface area contributed by atoms with E-state index in [0.717, 1.165) is 24.2 Å². The molecule has 0 radical (unpaired) electrons. The van der Waals surface area contributed by atoms with E-state index in [2.05, 4.69) is 15.6 Å². The van der Waals surface area contributed by atoms with Crippen LogP contribution in [-0.2, 0) is 27.3 Å². The summed E-state index contributed by atoms with van der Waals surface area (Å²) < 4.78 is 16.6. The van der Waals surface area contributed by atoms with E-state index in [1.807, 2.05) is 42.5 Å². The van der Waals surface area contributed by atoms with Crippen LogP contribution in [0.1, 0.15) is 17.7 Å². The maximum Gasteiger partial charge on any atom is 0.243 e. The molecule has 0 saturated heterocycles. The molecule has 0 unspecified atom stereocenters. The zero-order valence-corrected chi connectivity index (χ0v) is 18.5. The van der Waals surface area contributed by atoms with Crippen LogP contribution < -0.4 is 10.6 Å². The maximum absolute atomic E-state index is 11.8. The Morgan fingerprint density at radius 1 is 1.00 bits per heavy atom. The van der Waals surface area contributed by atoms with Crippen molar-refractivity contribution < 1.29 is 18.7 Å². The number of hydrogen-bond donors (Lipinski definition) is 2. The molecule has 1 aromatic carbocycles. The Morgan fingerprint density at radius 3 is 2.52 bits per heavy atom. The first kappa shape index (κ1) is 24.4. The average molecular weight is 431 g/mol. The van der Waals surface area contributed by atoms with E-state index < -0.39 is 0 Å². The van der Waals surface area contributed by atoms with Crippen LogP contribution in [0.3, 0.4) is 0 Å². The van der Waals surface area contributed by atoms with E-state index >= 15 is 0 Å². The van der Waals surface area contributed by atoms with Crippen molar-refractivity contribution in [2.24, 2.45) is 4.99 Å². The molecule has 1 aromatic heterocycles. The van der Waals surface area contributed by atoms with Gasteiger partial charge in [0.05, 0.1) is 26.1 Å². The molecule has 1 heterocycles. The van der Waals surface area contributed by atoms with Crippen LogP contribution in [-0.4, -0.2) is 70.3 Å². The number of likely N-dealkylation sites (N-methyl/N-ethyl adjacent to an activating group) is 1. The molecule has 0 aliphatic heterocycles. The minimum atomic E-state index is -0.0500. The van der Waals surface area contributed by atoms with Crippen LogP contribution >= 0.6 is 0 Å². The molecular formula is C23H34N4O4. The summed E-state index contributed by atoms with van der Waals surface area (Å²) in [4.78, 5) is 17.7. The summed E-state index contributed by atoms with van der Waals surface area (Å²) in [6, 6.07) is 13.9. The van der Waals surface area contributed by atoms with Crippen LogP contribution in [0, 0.1) is 0 Å². The van der Waals surface area contributed by atoms with Crippen molar-refractivity contribution in [2.75, 3.05) is 53.6 Å². The number of hydrogen-bond acceptors (Lipinski definition) is 5. The van der Waals surface area contributed by atoms with Crippen molar-refractivity contribution >= 4 is 11.9 Å². The zero-order chi connectivity index (χ0) is 22.2. The second-order valence-electron chi connectivity index (χ2n) is 7.14. The number of aliphatic imine (C=N–C) groups is 1. The summed E-state index contributed by atoms with van der Waals surface area (Å²) in [5, 5.41) is 6.48. The van der Waals surface area contributed by atoms with Gasteiger partial charge in [0.1, 0.15) is 12.3 Å². The van der Waals surface area contributed by atoms with Gasteiger partial charge in [-0.25, -0.2) is 4.99 Å². The van der Waals surface area contributed by atoms with Gasteiger partial charge in [-0.3, -0.25) is 4.79 Å². The van der Waals surface area contributed by atoms with Crippen LogP contribution in [0.4, 0.5) is 0 Å². The maximum atomic E-state index is 11.8. The molecule has 0 bridgehead atoms. The first-order valence-corrected chi connectivity index (χ1v) is 10.6. The highest BCUT2D eigenvalue weighted by Crippen LogP contribution is 2.00. The molecule has 1 amide bonds. The lowest BCUT2D eigenvalue weighted by atomic mass is 10.2. The van der Waals surface area contributed by atoms with Crippen LogP contribution in [0.2, 0.25) is 0 Å². The highest BCUT2D eigenvalue weighted by atomic mass is 16.5. The molecule has 170 valence electrons. The van der Waals surface area contributed by atoms with Crippen molar-refractivity contribution in [3.05, 3.63) is 60.1 Å². The minimum Gasteiger partial charge on any atom is -0.469 e. The van der Waals surface area contributed by atoms with Gasteiger partial charge < -0.3 is 29.4 Å². The van der Waals surface area contributed by atoms with Gasteiger partial charge in [0, 0.05) is 40.2 Å². The van der Waals surface area contributed by atoms with E-state index in [9.17, 15) is 4.79 Å². The molecular weight excluding hydrogens is 396 g/mol. The summed E-state index contributed by atoms with van der Waals surface area (Å²) in [5.41, 5.74) is 1.16. The zero-order valence-electron chi connectivity index (χ0n) is 18.5. The first-order chi connectivity index (χ1) is 15.1. The molecule has 8 heteroatoms. The van der Waals surface area contributed by atoms with Crippen molar-refractivity contribution in [3.8, 4) is 0 Å². The fourth-order valence-corrected chi connectivity index (χ4v) is 2.59. The summed E-state index contributed by atoms with van der Waals surface area (Å²) in [6.45, 7) is 3.79. The molecule has 2 rings (SSSR count). The fourth-order valence-electron chi connectivity index (χ4n) is 2.59. The molecule has 0 aliphatic rings. The predicted octanol–water partition coefficient (Wildman–Crippen LogP) is 2.07. The minimum absolute atomic E-state index is 0.0500. The second kappa shape index (κ2) is 15.0. The Bertz CT molecular complexity index is 748. The van der Waals surface area contributed by atoms with Gasteiger partial charge in [-0.15, -0.1) is 0 Å². The highest BCUT2D eigenvalue weighted by molar-refractivity contribution is 5.84. The largest absolute Gasteiger partial charge is 0.469 e. The Labute approximate surface area is 184 Å². The number of carbonyl (C=O) groups is 1. The summed E-state index contributed by atoms with van der Waals surface area (Å²) in [5.74, 6) is 1.46. The normalized spacial score (nSPS) is 11.4. The number of guanidine groups is 1. The Balaban J connectivity index is 1.58. The lowest BCUT2D eigenvalue weighted by Crippen LogP contribution is -2.40. The summed E-state index contributed by atoms with van der Waals surface area (Å²) in [6.07, 6.45) is 3.21. The van der Waals surface area contributed by atoms with E-state index in [0.29, 0.717) is 45.5 Å². The quantitative estimate of drug-likeness (QED) is 0.271. The Kier molecular flexibility index (Phi) is 11.8. The van der Waals surface area contributed by atoms with Crippen LogP contribution in [0.25, 0.3) is 0 Å². The monoisotopic (exact) mass is 430 g/mol. The van der Waals surface area contributed by atoms with Crippen molar-refractivity contribution in [1.29, 1.82) is 0 Å². The molecule has 8 nitrogen and oxygen atoms in total. The molecule has 31 heavy (non-hydrogen) atoms. The van der Waals surface area contributed by atoms with Gasteiger partial charge in [-0.1, -0.05) is 30.3 Å². The molecule has 0 atom stereocenters. The molecule has 0 spiro atoms. The lowest BCUT2D eigenvalue weighted by Gasteiger charge is -2.13. The SMILES string of the molecule is CN(C)C(=O)CN=C(NCCCOCCOCc1ccccc1)NCCc1ccco1. The van der Waals surface area contributed by atoms with E-state index in [4.69, 9.17) is 13.9 Å². The van der Waals surface area contributed by atoms with Gasteiger partial charge in [0.15, 0.2) is 5.96 Å². The van der Waals surface area contributed by atoms with E-state index in [1.54, 1.807) is 20.4 Å². The van der Waals surface area contributed by atoms with Crippen molar-refractivity contribution in [3.63, 3.8) is 0 Å². The van der Waals surface area contributed by atoms with Gasteiger partial charge in [-0.05, 0) is 24.1 Å². The van der Waals surface area contributed by atoms with Crippen molar-refractivity contribution in [2.45, 2.75) is 19.4 Å². The molecule has 2 aromatic rings. The van der Waals surface area contributed by atoms with Crippen molar-refractivity contribution in [1.82, 2.24) is 15.5 Å². The van der Waals surface area contributed by atoms with E-state index in [1.165, 1.54) is 4.90 Å². The van der Waals surface area contributed by atoms with E-state index in [-0.39, 0.29) is 12.5 Å². The predicted molar refractivity (Wildman–Crippen MR) is 121 cm³/mol. The van der Waals surface area contributed by atoms with Crippen LogP contribution in [0.5, 0.6) is 0 Å². The van der Waals surface area contributed by atoms with Gasteiger partial charge in [0.25, 0.3) is 0 Å². The van der Waals surface area contributed by atoms with Gasteiger partial charge >= 0.3 is 0 Å². The standard InChI is InChI=1S/C23H34N4O4/c1-27(2)22(28)18-26-23(25-13-11-21-10-6-15-31-21)24-12-7-14-29-16-17-30-19-20-8-4-3-5-9-20/h3-6,8-10,15H,7,11-14,16-19H2,1-2H3,(H2,24,25,26). The smallest absolute Gasteiger partial charge is 0.243 e. The molecule has 0 saturated carbocycles. The molecule has 0 fully saturated rings. The number of carbonyl (C=O) groups excluding carboxylic acids is 1. The number of nitrogens with one attached hydrogen (secondary N) is 2. The Morgan fingerprint density at radius 2 is 1.77 bits per heavy atom. The Hall–Kier alpha value is -2.84. The number of rotatable bonds is 14. The van der Waals surface area contributed by atoms with Gasteiger partial charge in [0.2, 0.25) is 5.91 Å². The summed E-state index contributed by atoms with van der Waals surface area (Å²) in [7, 11) is 3.44. The van der Waals surface area contributed by atoms with Crippen LogP contribution in [0.15, 0.2) is 58.1 Å². The topological polar surface area (TPSA) is 88.3 Å². The molecule has 0 aliphatic carbocycles. The second-order valence-corrected chi connectivity index (χ2v) is 7.14. The number of furan rings is 1. The third kappa shape index (κ3) is 11.2. The highest BCUT2D eigenvalue weighted by Gasteiger charge is 2.05. The third-order valence-corrected chi connectivity index (χ3v) is 4.36. The van der Waals surface area contributed by atoms with Gasteiger partial charge in [-0.2, -0.15) is 0 Å². The number of nitrogens with zero attached hydrogens (tertiary/aromatic N) is 2. The average Bonchev–Trinajstić information content (AvgIpc) is 3.29. The number of amides is 1. The lowest BCUT2D eigenvalue weighted by molar-refractivity contribution is -0.127. The number of benzene rings is 1. The fraction of sp³-hybridized carbons (Fsp3) is 0.478. The third-order valence-electron chi connectivity index (χ3n) is 4.36.